The number of amides is 1. The van der Waals surface area contributed by atoms with Crippen LogP contribution in [0.2, 0.25) is 0 Å². The minimum absolute atomic E-state index is 0.179. The van der Waals surface area contributed by atoms with Gasteiger partial charge in [-0.3, -0.25) is 14.7 Å². The van der Waals surface area contributed by atoms with Gasteiger partial charge >= 0.3 is 0 Å². The molecule has 1 aliphatic heterocycles. The number of oxazole rings is 1. The van der Waals surface area contributed by atoms with E-state index in [1.54, 1.807) is 24.1 Å². The molecule has 0 saturated carbocycles. The fourth-order valence-corrected chi connectivity index (χ4v) is 3.25. The lowest BCUT2D eigenvalue weighted by atomic mass is 9.98. The predicted octanol–water partition coefficient (Wildman–Crippen LogP) is 1.69. The predicted molar refractivity (Wildman–Crippen MR) is 84.7 cm³/mol. The van der Waals surface area contributed by atoms with Gasteiger partial charge in [-0.1, -0.05) is 0 Å². The molecule has 0 spiro atoms. The fourth-order valence-electron chi connectivity index (χ4n) is 3.25. The molecule has 1 saturated heterocycles. The molecular formula is C16H17N5O3. The zero-order valence-electron chi connectivity index (χ0n) is 13.2. The molecule has 0 radical (unpaired) electrons. The summed E-state index contributed by atoms with van der Waals surface area (Å²) in [5.74, 6) is 0.320. The number of H-pyrrole nitrogens is 1. The Kier molecular flexibility index (Phi) is 3.44. The van der Waals surface area contributed by atoms with Crippen molar-refractivity contribution in [3.05, 3.63) is 52.2 Å². The van der Waals surface area contributed by atoms with Crippen LogP contribution in [0.5, 0.6) is 0 Å². The molecule has 124 valence electrons. The maximum atomic E-state index is 12.9. The topological polar surface area (TPSA) is 96.5 Å². The number of aromatic nitrogens is 4. The van der Waals surface area contributed by atoms with Gasteiger partial charge in [0.15, 0.2) is 17.7 Å². The van der Waals surface area contributed by atoms with Gasteiger partial charge in [0, 0.05) is 24.9 Å². The minimum atomic E-state index is -0.227. The highest BCUT2D eigenvalue weighted by atomic mass is 16.3. The third kappa shape index (κ3) is 2.31. The van der Waals surface area contributed by atoms with Gasteiger partial charge in [0.25, 0.3) is 11.5 Å². The number of fused-ring (bicyclic) bond motifs is 1. The van der Waals surface area contributed by atoms with Crippen molar-refractivity contribution in [1.29, 1.82) is 0 Å². The van der Waals surface area contributed by atoms with E-state index in [1.165, 1.54) is 17.0 Å². The lowest BCUT2D eigenvalue weighted by Crippen LogP contribution is -2.39. The summed E-state index contributed by atoms with van der Waals surface area (Å²) in [6.45, 7) is 2.33. The zero-order valence-corrected chi connectivity index (χ0v) is 13.2. The third-order valence-corrected chi connectivity index (χ3v) is 4.45. The number of hydrogen-bond acceptors (Lipinski definition) is 5. The number of rotatable bonds is 2. The molecule has 1 atom stereocenters. The van der Waals surface area contributed by atoms with Crippen molar-refractivity contribution in [2.24, 2.45) is 0 Å². The summed E-state index contributed by atoms with van der Waals surface area (Å²) < 4.78 is 6.53. The number of likely N-dealkylation sites (tertiary alicyclic amines) is 1. The largest absolute Gasteiger partial charge is 0.448 e. The summed E-state index contributed by atoms with van der Waals surface area (Å²) in [6, 6.07) is 3.01. The van der Waals surface area contributed by atoms with E-state index in [0.29, 0.717) is 29.3 Å². The molecule has 8 nitrogen and oxygen atoms in total. The summed E-state index contributed by atoms with van der Waals surface area (Å²) in [5.41, 5.74) is 1.30. The third-order valence-electron chi connectivity index (χ3n) is 4.45. The zero-order chi connectivity index (χ0) is 16.7. The monoisotopic (exact) mass is 327 g/mol. The van der Waals surface area contributed by atoms with Gasteiger partial charge in [0.1, 0.15) is 5.76 Å². The molecule has 4 heterocycles. The maximum Gasteiger partial charge on any atom is 0.276 e. The van der Waals surface area contributed by atoms with Gasteiger partial charge in [0.05, 0.1) is 11.7 Å². The number of aromatic amines is 1. The first kappa shape index (κ1) is 14.7. The summed E-state index contributed by atoms with van der Waals surface area (Å²) in [6.07, 6.45) is 5.62. The van der Waals surface area contributed by atoms with Crippen molar-refractivity contribution in [2.75, 3.05) is 6.54 Å². The van der Waals surface area contributed by atoms with Crippen molar-refractivity contribution < 1.29 is 9.21 Å². The van der Waals surface area contributed by atoms with E-state index in [4.69, 9.17) is 4.42 Å². The molecule has 1 unspecified atom stereocenters. The molecule has 0 aliphatic carbocycles. The highest BCUT2D eigenvalue weighted by molar-refractivity contribution is 5.93. The average Bonchev–Trinajstić information content (AvgIpc) is 3.23. The summed E-state index contributed by atoms with van der Waals surface area (Å²) in [7, 11) is 0. The molecule has 0 bridgehead atoms. The maximum absolute atomic E-state index is 12.9. The molecule has 1 aliphatic rings. The van der Waals surface area contributed by atoms with Crippen molar-refractivity contribution >= 4 is 11.6 Å². The van der Waals surface area contributed by atoms with E-state index in [0.717, 1.165) is 19.3 Å². The molecule has 3 aromatic heterocycles. The second-order valence-electron chi connectivity index (χ2n) is 5.94. The van der Waals surface area contributed by atoms with E-state index in [2.05, 4.69) is 15.1 Å². The smallest absolute Gasteiger partial charge is 0.276 e. The molecule has 0 aromatic carbocycles. The van der Waals surface area contributed by atoms with Crippen molar-refractivity contribution in [3.8, 4) is 0 Å². The van der Waals surface area contributed by atoms with Gasteiger partial charge < -0.3 is 9.32 Å². The first-order valence-corrected chi connectivity index (χ1v) is 7.93. The molecule has 4 rings (SSSR count). The van der Waals surface area contributed by atoms with Gasteiger partial charge in [-0.2, -0.15) is 0 Å². The van der Waals surface area contributed by atoms with Crippen LogP contribution < -0.4 is 5.56 Å². The Bertz CT molecular complexity index is 954. The van der Waals surface area contributed by atoms with Gasteiger partial charge in [-0.15, -0.1) is 0 Å². The van der Waals surface area contributed by atoms with Crippen LogP contribution >= 0.6 is 0 Å². The van der Waals surface area contributed by atoms with Crippen LogP contribution in [-0.2, 0) is 0 Å². The Morgan fingerprint density at radius 3 is 3.08 bits per heavy atom. The van der Waals surface area contributed by atoms with Crippen LogP contribution in [0.25, 0.3) is 5.65 Å². The number of carbonyl (C=O) groups is 1. The average molecular weight is 327 g/mol. The van der Waals surface area contributed by atoms with Gasteiger partial charge in [0.2, 0.25) is 0 Å². The second-order valence-corrected chi connectivity index (χ2v) is 5.94. The van der Waals surface area contributed by atoms with Crippen LogP contribution in [-0.4, -0.2) is 36.9 Å². The minimum Gasteiger partial charge on any atom is -0.448 e. The van der Waals surface area contributed by atoms with E-state index >= 15 is 0 Å². The van der Waals surface area contributed by atoms with E-state index in [9.17, 15) is 9.59 Å². The van der Waals surface area contributed by atoms with Crippen LogP contribution in [0.15, 0.2) is 33.9 Å². The Hall–Kier alpha value is -2.90. The summed E-state index contributed by atoms with van der Waals surface area (Å²) in [5, 5.41) is 2.82. The quantitative estimate of drug-likeness (QED) is 0.772. The fraction of sp³-hybridized carbons (Fsp3) is 0.375. The van der Waals surface area contributed by atoms with Crippen molar-refractivity contribution in [3.63, 3.8) is 0 Å². The number of aryl methyl sites for hydroxylation is 1. The number of nitrogens with one attached hydrogen (secondary N) is 1. The number of nitrogens with zero attached hydrogens (tertiary/aromatic N) is 4. The van der Waals surface area contributed by atoms with E-state index < -0.39 is 0 Å². The van der Waals surface area contributed by atoms with Crippen LogP contribution in [0.3, 0.4) is 0 Å². The molecule has 1 amide bonds. The lowest BCUT2D eigenvalue weighted by Gasteiger charge is -2.34. The molecular weight excluding hydrogens is 310 g/mol. The molecule has 24 heavy (non-hydrogen) atoms. The summed E-state index contributed by atoms with van der Waals surface area (Å²) >= 11 is 0. The number of hydrogen-bond donors (Lipinski definition) is 1. The molecule has 1 N–H and O–H groups in total. The number of piperidine rings is 1. The number of carbonyl (C=O) groups excluding carboxylic acids is 1. The van der Waals surface area contributed by atoms with Crippen LogP contribution in [0, 0.1) is 6.92 Å². The van der Waals surface area contributed by atoms with Crippen LogP contribution in [0.1, 0.15) is 47.2 Å². The molecule has 1 fully saturated rings. The van der Waals surface area contributed by atoms with Gasteiger partial charge in [-0.05, 0) is 26.2 Å². The van der Waals surface area contributed by atoms with Gasteiger partial charge in [-0.25, -0.2) is 14.5 Å². The first-order chi connectivity index (χ1) is 11.6. The Morgan fingerprint density at radius 2 is 2.29 bits per heavy atom. The van der Waals surface area contributed by atoms with Crippen LogP contribution in [0.4, 0.5) is 0 Å². The molecule has 8 heteroatoms. The van der Waals surface area contributed by atoms with Crippen molar-refractivity contribution in [1.82, 2.24) is 24.5 Å². The Morgan fingerprint density at radius 1 is 1.42 bits per heavy atom. The lowest BCUT2D eigenvalue weighted by molar-refractivity contribution is 0.0599. The first-order valence-electron chi connectivity index (χ1n) is 7.93. The molecule has 3 aromatic rings. The van der Waals surface area contributed by atoms with E-state index in [1.807, 2.05) is 0 Å². The SMILES string of the molecule is Cc1ocnc1C(=O)N1CCCCC1c1cc(=O)n2[nH]ccc2n1. The highest BCUT2D eigenvalue weighted by Crippen LogP contribution is 2.31. The highest BCUT2D eigenvalue weighted by Gasteiger charge is 2.32. The second kappa shape index (κ2) is 5.63. The van der Waals surface area contributed by atoms with E-state index in [-0.39, 0.29) is 17.5 Å². The normalized spacial score (nSPS) is 18.2. The van der Waals surface area contributed by atoms with Crippen molar-refractivity contribution in [2.45, 2.75) is 32.2 Å². The standard InChI is InChI=1S/C16H17N5O3/c1-10-15(17-9-24-10)16(23)20-7-3-2-4-12(20)11-8-14(22)21-13(19-11)5-6-18-21/h5-6,8-9,12,18H,2-4,7H2,1H3. The Balaban J connectivity index is 1.74. The Labute approximate surface area is 137 Å². The summed E-state index contributed by atoms with van der Waals surface area (Å²) in [4.78, 5) is 35.4.